The SMILES string of the molecule is C(=C(c1ccccc1)c1ccccc1)N1c2ccc(/C=C/c3ccccc3)cc2C2CCCC21. The molecule has 0 N–H and O–H groups in total. The predicted molar refractivity (Wildman–Crippen MR) is 145 cm³/mol. The van der Waals surface area contributed by atoms with Crippen LogP contribution in [0, 0.1) is 0 Å². The van der Waals surface area contributed by atoms with Gasteiger partial charge in [-0.3, -0.25) is 0 Å². The molecule has 0 radical (unpaired) electrons. The Morgan fingerprint density at radius 3 is 1.94 bits per heavy atom. The average molecular weight is 440 g/mol. The fourth-order valence-electron chi connectivity index (χ4n) is 5.64. The van der Waals surface area contributed by atoms with Crippen LogP contribution in [0.4, 0.5) is 5.69 Å². The minimum atomic E-state index is 0.547. The normalized spacial score (nSPS) is 18.6. The molecule has 1 heteroatoms. The maximum absolute atomic E-state index is 2.58. The average Bonchev–Trinajstić information content (AvgIpc) is 3.49. The van der Waals surface area contributed by atoms with Gasteiger partial charge >= 0.3 is 0 Å². The summed E-state index contributed by atoms with van der Waals surface area (Å²) in [6, 6.07) is 39.7. The summed E-state index contributed by atoms with van der Waals surface area (Å²) in [6.45, 7) is 0. The highest BCUT2D eigenvalue weighted by atomic mass is 15.2. The molecule has 0 saturated heterocycles. The van der Waals surface area contributed by atoms with Gasteiger partial charge in [0.2, 0.25) is 0 Å². The van der Waals surface area contributed by atoms with Crippen LogP contribution < -0.4 is 4.90 Å². The second-order valence-electron chi connectivity index (χ2n) is 9.35. The van der Waals surface area contributed by atoms with E-state index >= 15 is 0 Å². The first-order chi connectivity index (χ1) is 16.9. The Labute approximate surface area is 202 Å². The third kappa shape index (κ3) is 3.99. The van der Waals surface area contributed by atoms with Crippen molar-refractivity contribution >= 4 is 23.4 Å². The van der Waals surface area contributed by atoms with Crippen molar-refractivity contribution in [2.45, 2.75) is 31.2 Å². The van der Waals surface area contributed by atoms with Crippen molar-refractivity contribution in [3.63, 3.8) is 0 Å². The standard InChI is InChI=1S/C33H29N/c1-4-11-25(12-5-1)19-20-26-21-22-33-30(23-26)29-17-10-18-32(29)34(33)24-31(27-13-6-2-7-14-27)28-15-8-3-9-16-28/h1-9,11-16,19-24,29,32H,10,17-18H2/b20-19+. The van der Waals surface area contributed by atoms with E-state index in [4.69, 9.17) is 0 Å². The molecular weight excluding hydrogens is 410 g/mol. The van der Waals surface area contributed by atoms with Crippen LogP contribution in [0.5, 0.6) is 0 Å². The number of rotatable bonds is 5. The Bertz CT molecular complexity index is 1280. The van der Waals surface area contributed by atoms with Gasteiger partial charge in [-0.25, -0.2) is 0 Å². The number of fused-ring (bicyclic) bond motifs is 3. The van der Waals surface area contributed by atoms with E-state index in [-0.39, 0.29) is 0 Å². The summed E-state index contributed by atoms with van der Waals surface area (Å²) in [4.78, 5) is 2.58. The van der Waals surface area contributed by atoms with Crippen molar-refractivity contribution in [2.24, 2.45) is 0 Å². The lowest BCUT2D eigenvalue weighted by Gasteiger charge is -2.25. The van der Waals surface area contributed by atoms with Crippen LogP contribution in [0.2, 0.25) is 0 Å². The van der Waals surface area contributed by atoms with Crippen LogP contribution in [-0.2, 0) is 0 Å². The number of benzene rings is 4. The van der Waals surface area contributed by atoms with Crippen LogP contribution >= 0.6 is 0 Å². The molecular formula is C33H29N. The van der Waals surface area contributed by atoms with Crippen molar-refractivity contribution in [3.05, 3.63) is 143 Å². The van der Waals surface area contributed by atoms with Crippen LogP contribution in [0.3, 0.4) is 0 Å². The smallest absolute Gasteiger partial charge is 0.0445 e. The van der Waals surface area contributed by atoms with Gasteiger partial charge in [0.25, 0.3) is 0 Å². The quantitative estimate of drug-likeness (QED) is 0.282. The van der Waals surface area contributed by atoms with E-state index < -0.39 is 0 Å². The zero-order valence-electron chi connectivity index (χ0n) is 19.3. The molecule has 166 valence electrons. The molecule has 2 aliphatic rings. The van der Waals surface area contributed by atoms with Crippen LogP contribution in [0.25, 0.3) is 17.7 Å². The van der Waals surface area contributed by atoms with Crippen LogP contribution in [0.1, 0.15) is 53.0 Å². The molecule has 2 unspecified atom stereocenters. The van der Waals surface area contributed by atoms with Crippen molar-refractivity contribution < 1.29 is 0 Å². The summed E-state index contributed by atoms with van der Waals surface area (Å²) < 4.78 is 0. The molecule has 0 amide bonds. The van der Waals surface area contributed by atoms with Crippen molar-refractivity contribution in [2.75, 3.05) is 4.90 Å². The zero-order valence-corrected chi connectivity index (χ0v) is 19.3. The number of hydrogen-bond donors (Lipinski definition) is 0. The Balaban J connectivity index is 1.41. The minimum absolute atomic E-state index is 0.547. The lowest BCUT2D eigenvalue weighted by atomic mass is 9.95. The Hall–Kier alpha value is -3.84. The number of nitrogens with zero attached hydrogens (tertiary/aromatic N) is 1. The fraction of sp³-hybridized carbons (Fsp3) is 0.152. The predicted octanol–water partition coefficient (Wildman–Crippen LogP) is 8.40. The van der Waals surface area contributed by atoms with Gasteiger partial charge in [0.15, 0.2) is 0 Å². The lowest BCUT2D eigenvalue weighted by molar-refractivity contribution is 0.639. The zero-order chi connectivity index (χ0) is 22.7. The van der Waals surface area contributed by atoms with Crippen molar-refractivity contribution in [1.82, 2.24) is 0 Å². The molecule has 0 bridgehead atoms. The lowest BCUT2D eigenvalue weighted by Crippen LogP contribution is -2.26. The Morgan fingerprint density at radius 2 is 1.26 bits per heavy atom. The van der Waals surface area contributed by atoms with Gasteiger partial charge in [-0.15, -0.1) is 0 Å². The van der Waals surface area contributed by atoms with Crippen LogP contribution in [0.15, 0.2) is 115 Å². The number of hydrogen-bond acceptors (Lipinski definition) is 1. The number of anilines is 1. The molecule has 0 spiro atoms. The first-order valence-corrected chi connectivity index (χ1v) is 12.3. The van der Waals surface area contributed by atoms with E-state index in [1.165, 1.54) is 58.3 Å². The van der Waals surface area contributed by atoms with E-state index in [0.717, 1.165) is 0 Å². The topological polar surface area (TPSA) is 3.24 Å². The summed E-state index contributed by atoms with van der Waals surface area (Å²) in [5, 5.41) is 0. The maximum atomic E-state index is 2.58. The summed E-state index contributed by atoms with van der Waals surface area (Å²) >= 11 is 0. The molecule has 1 fully saturated rings. The summed E-state index contributed by atoms with van der Waals surface area (Å²) in [5.74, 6) is 0.615. The Morgan fingerprint density at radius 1 is 0.647 bits per heavy atom. The van der Waals surface area contributed by atoms with E-state index in [2.05, 4.69) is 132 Å². The fourth-order valence-corrected chi connectivity index (χ4v) is 5.64. The molecule has 6 rings (SSSR count). The maximum Gasteiger partial charge on any atom is 0.0445 e. The molecule has 34 heavy (non-hydrogen) atoms. The van der Waals surface area contributed by atoms with E-state index in [9.17, 15) is 0 Å². The molecule has 2 atom stereocenters. The van der Waals surface area contributed by atoms with Gasteiger partial charge in [0.05, 0.1) is 0 Å². The molecule has 1 aliphatic heterocycles. The van der Waals surface area contributed by atoms with Gasteiger partial charge in [-0.1, -0.05) is 116 Å². The largest absolute Gasteiger partial charge is 0.343 e. The van der Waals surface area contributed by atoms with Crippen LogP contribution in [-0.4, -0.2) is 6.04 Å². The first-order valence-electron chi connectivity index (χ1n) is 12.3. The van der Waals surface area contributed by atoms with Gasteiger partial charge in [0.1, 0.15) is 0 Å². The molecule has 1 aliphatic carbocycles. The third-order valence-electron chi connectivity index (χ3n) is 7.27. The third-order valence-corrected chi connectivity index (χ3v) is 7.27. The van der Waals surface area contributed by atoms with E-state index in [0.29, 0.717) is 12.0 Å². The summed E-state index contributed by atoms with van der Waals surface area (Å²) in [5.41, 5.74) is 9.21. The van der Waals surface area contributed by atoms with Crippen molar-refractivity contribution in [3.8, 4) is 0 Å². The second kappa shape index (κ2) is 9.19. The molecule has 4 aromatic carbocycles. The monoisotopic (exact) mass is 439 g/mol. The Kier molecular flexibility index (Phi) is 5.61. The molecule has 0 aromatic heterocycles. The molecule has 4 aromatic rings. The van der Waals surface area contributed by atoms with Gasteiger partial charge in [-0.05, 0) is 52.8 Å². The second-order valence-corrected chi connectivity index (χ2v) is 9.35. The highest BCUT2D eigenvalue weighted by Crippen LogP contribution is 2.50. The molecule has 1 nitrogen and oxygen atoms in total. The van der Waals surface area contributed by atoms with Crippen molar-refractivity contribution in [1.29, 1.82) is 0 Å². The highest BCUT2D eigenvalue weighted by molar-refractivity contribution is 5.83. The first kappa shape index (κ1) is 20.7. The highest BCUT2D eigenvalue weighted by Gasteiger charge is 2.40. The summed E-state index contributed by atoms with van der Waals surface area (Å²) in [6.07, 6.45) is 10.7. The molecule has 1 heterocycles. The van der Waals surface area contributed by atoms with E-state index in [1.807, 2.05) is 0 Å². The molecule has 1 saturated carbocycles. The van der Waals surface area contributed by atoms with Gasteiger partial charge in [-0.2, -0.15) is 0 Å². The van der Waals surface area contributed by atoms with Gasteiger partial charge in [0, 0.05) is 29.4 Å². The minimum Gasteiger partial charge on any atom is -0.343 e. The summed E-state index contributed by atoms with van der Waals surface area (Å²) in [7, 11) is 0. The van der Waals surface area contributed by atoms with Gasteiger partial charge < -0.3 is 4.90 Å². The van der Waals surface area contributed by atoms with E-state index in [1.54, 1.807) is 0 Å².